The lowest BCUT2D eigenvalue weighted by Gasteiger charge is -2.28. The fraction of sp³-hybridized carbons (Fsp3) is 0.407. The number of aromatic amines is 1. The lowest BCUT2D eigenvalue weighted by atomic mass is 10.1. The van der Waals surface area contributed by atoms with Gasteiger partial charge in [0.1, 0.15) is 5.75 Å². The topological polar surface area (TPSA) is 60.6 Å². The van der Waals surface area contributed by atoms with Gasteiger partial charge in [0.15, 0.2) is 5.11 Å². The van der Waals surface area contributed by atoms with E-state index in [9.17, 15) is 4.79 Å². The summed E-state index contributed by atoms with van der Waals surface area (Å²) in [5, 5.41) is 4.97. The maximum absolute atomic E-state index is 12.9. The molecule has 7 heteroatoms. The first-order valence-corrected chi connectivity index (χ1v) is 12.3. The second-order valence-corrected chi connectivity index (χ2v) is 9.01. The summed E-state index contributed by atoms with van der Waals surface area (Å²) in [6.45, 7) is 12.7. The van der Waals surface area contributed by atoms with Crippen LogP contribution in [0, 0.1) is 13.8 Å². The van der Waals surface area contributed by atoms with Crippen molar-refractivity contribution < 1.29 is 4.74 Å². The number of hydrogen-bond donors (Lipinski definition) is 2. The lowest BCUT2D eigenvalue weighted by Crippen LogP contribution is -2.38. The molecule has 0 fully saturated rings. The third-order valence-electron chi connectivity index (χ3n) is 6.20. The fourth-order valence-corrected chi connectivity index (χ4v) is 4.37. The predicted molar refractivity (Wildman–Crippen MR) is 146 cm³/mol. The van der Waals surface area contributed by atoms with Gasteiger partial charge in [0.2, 0.25) is 0 Å². The standard InChI is InChI=1S/C27H36N4O2S/c1-6-30(7-2)13-8-14-31(27(34)29-24-11-9-19(3)15-20(24)4)18-22-16-21-17-23(33-5)10-12-25(21)28-26(22)32/h9-12,15-17H,6-8,13-14,18H2,1-5H3,(H,28,32)(H,29,34). The molecule has 34 heavy (non-hydrogen) atoms. The minimum absolute atomic E-state index is 0.0965. The Morgan fingerprint density at radius 3 is 2.50 bits per heavy atom. The van der Waals surface area contributed by atoms with E-state index in [0.717, 1.165) is 60.5 Å². The van der Waals surface area contributed by atoms with Crippen LogP contribution < -0.4 is 15.6 Å². The summed E-state index contributed by atoms with van der Waals surface area (Å²) in [5.74, 6) is 0.758. The van der Waals surface area contributed by atoms with Gasteiger partial charge in [-0.1, -0.05) is 31.5 Å². The van der Waals surface area contributed by atoms with Crippen molar-refractivity contribution in [3.63, 3.8) is 0 Å². The van der Waals surface area contributed by atoms with Gasteiger partial charge >= 0.3 is 0 Å². The molecule has 3 aromatic rings. The average molecular weight is 481 g/mol. The van der Waals surface area contributed by atoms with Crippen molar-refractivity contribution in [2.45, 2.75) is 40.7 Å². The van der Waals surface area contributed by atoms with Crippen LogP contribution >= 0.6 is 12.2 Å². The van der Waals surface area contributed by atoms with E-state index < -0.39 is 0 Å². The van der Waals surface area contributed by atoms with Gasteiger partial charge in [0.05, 0.1) is 13.7 Å². The minimum Gasteiger partial charge on any atom is -0.497 e. The third kappa shape index (κ3) is 6.58. The van der Waals surface area contributed by atoms with Gasteiger partial charge in [-0.05, 0) is 88.0 Å². The molecule has 0 aliphatic carbocycles. The van der Waals surface area contributed by atoms with Gasteiger partial charge in [-0.2, -0.15) is 0 Å². The highest BCUT2D eigenvalue weighted by Crippen LogP contribution is 2.20. The highest BCUT2D eigenvalue weighted by atomic mass is 32.1. The molecule has 2 aromatic carbocycles. The molecule has 0 saturated carbocycles. The summed E-state index contributed by atoms with van der Waals surface area (Å²) in [5.41, 5.74) is 4.71. The smallest absolute Gasteiger partial charge is 0.253 e. The Morgan fingerprint density at radius 2 is 1.82 bits per heavy atom. The SMILES string of the molecule is CCN(CC)CCCN(Cc1cc2cc(OC)ccc2[nH]c1=O)C(=S)Nc1ccc(C)cc1C. The van der Waals surface area contributed by atoms with E-state index in [-0.39, 0.29) is 5.56 Å². The first-order chi connectivity index (χ1) is 16.3. The minimum atomic E-state index is -0.0965. The van der Waals surface area contributed by atoms with Crippen LogP contribution in [0.2, 0.25) is 0 Å². The van der Waals surface area contributed by atoms with Crippen LogP contribution in [0.4, 0.5) is 5.69 Å². The Labute approximate surface area is 207 Å². The van der Waals surface area contributed by atoms with E-state index >= 15 is 0 Å². The normalized spacial score (nSPS) is 11.1. The van der Waals surface area contributed by atoms with Crippen LogP contribution in [0.25, 0.3) is 10.9 Å². The van der Waals surface area contributed by atoms with E-state index in [1.54, 1.807) is 7.11 Å². The Balaban J connectivity index is 1.85. The highest BCUT2D eigenvalue weighted by Gasteiger charge is 2.15. The van der Waals surface area contributed by atoms with Gasteiger partial charge < -0.3 is 24.8 Å². The number of benzene rings is 2. The van der Waals surface area contributed by atoms with Gasteiger partial charge in [0.25, 0.3) is 5.56 Å². The van der Waals surface area contributed by atoms with E-state index in [2.05, 4.69) is 66.0 Å². The molecule has 0 aliphatic heterocycles. The fourth-order valence-electron chi connectivity index (χ4n) is 4.11. The van der Waals surface area contributed by atoms with E-state index in [0.29, 0.717) is 17.2 Å². The molecule has 0 amide bonds. The monoisotopic (exact) mass is 480 g/mol. The molecule has 3 rings (SSSR count). The molecule has 0 bridgehead atoms. The van der Waals surface area contributed by atoms with Gasteiger partial charge in [-0.25, -0.2) is 0 Å². The maximum atomic E-state index is 12.9. The Bertz CT molecular complexity index is 1190. The number of thiocarbonyl (C=S) groups is 1. The zero-order valence-electron chi connectivity index (χ0n) is 20.9. The number of fused-ring (bicyclic) bond motifs is 1. The summed E-state index contributed by atoms with van der Waals surface area (Å²) in [6, 6.07) is 13.9. The van der Waals surface area contributed by atoms with Crippen LogP contribution in [0.15, 0.2) is 47.3 Å². The van der Waals surface area contributed by atoms with E-state index in [4.69, 9.17) is 17.0 Å². The summed E-state index contributed by atoms with van der Waals surface area (Å²) in [6.07, 6.45) is 0.954. The number of nitrogens with zero attached hydrogens (tertiary/aromatic N) is 2. The highest BCUT2D eigenvalue weighted by molar-refractivity contribution is 7.80. The van der Waals surface area contributed by atoms with Crippen LogP contribution in [0.3, 0.4) is 0 Å². The maximum Gasteiger partial charge on any atom is 0.253 e. The average Bonchev–Trinajstić information content (AvgIpc) is 2.82. The number of anilines is 1. The molecule has 0 radical (unpaired) electrons. The summed E-state index contributed by atoms with van der Waals surface area (Å²) in [4.78, 5) is 20.4. The molecular weight excluding hydrogens is 444 g/mol. The van der Waals surface area contributed by atoms with Crippen LogP contribution in [-0.2, 0) is 6.54 Å². The number of hydrogen-bond acceptors (Lipinski definition) is 4. The summed E-state index contributed by atoms with van der Waals surface area (Å²) < 4.78 is 5.36. The van der Waals surface area contributed by atoms with Crippen LogP contribution in [0.1, 0.15) is 37.0 Å². The van der Waals surface area contributed by atoms with E-state index in [1.807, 2.05) is 24.3 Å². The zero-order chi connectivity index (χ0) is 24.7. The molecular formula is C27H36N4O2S. The van der Waals surface area contributed by atoms with Crippen molar-refractivity contribution in [1.29, 1.82) is 0 Å². The van der Waals surface area contributed by atoms with Gasteiger partial charge in [-0.15, -0.1) is 0 Å². The number of rotatable bonds is 10. The number of pyridine rings is 1. The largest absolute Gasteiger partial charge is 0.497 e. The van der Waals surface area contributed by atoms with E-state index in [1.165, 1.54) is 5.56 Å². The third-order valence-corrected chi connectivity index (χ3v) is 6.56. The molecule has 6 nitrogen and oxygen atoms in total. The van der Waals surface area contributed by atoms with Crippen LogP contribution in [0.5, 0.6) is 5.75 Å². The van der Waals surface area contributed by atoms with Gasteiger partial charge in [0, 0.05) is 28.7 Å². The number of H-pyrrole nitrogens is 1. The van der Waals surface area contributed by atoms with Crippen molar-refractivity contribution in [2.75, 3.05) is 38.6 Å². The van der Waals surface area contributed by atoms with Crippen molar-refractivity contribution >= 4 is 33.9 Å². The van der Waals surface area contributed by atoms with Crippen LogP contribution in [-0.4, -0.2) is 53.2 Å². The molecule has 0 aliphatic rings. The molecule has 0 saturated heterocycles. The molecule has 1 heterocycles. The summed E-state index contributed by atoms with van der Waals surface area (Å²) in [7, 11) is 1.64. The Kier molecular flexibility index (Phi) is 9.07. The first-order valence-electron chi connectivity index (χ1n) is 11.9. The molecule has 0 spiro atoms. The van der Waals surface area contributed by atoms with Crippen molar-refractivity contribution in [3.05, 3.63) is 69.5 Å². The lowest BCUT2D eigenvalue weighted by molar-refractivity contribution is 0.281. The molecule has 182 valence electrons. The molecule has 0 atom stereocenters. The van der Waals surface area contributed by atoms with Crippen molar-refractivity contribution in [2.24, 2.45) is 0 Å². The number of ether oxygens (including phenoxy) is 1. The second-order valence-electron chi connectivity index (χ2n) is 8.63. The quantitative estimate of drug-likeness (QED) is 0.395. The zero-order valence-corrected chi connectivity index (χ0v) is 21.7. The van der Waals surface area contributed by atoms with Crippen molar-refractivity contribution in [1.82, 2.24) is 14.8 Å². The number of methoxy groups -OCH3 is 1. The van der Waals surface area contributed by atoms with Crippen molar-refractivity contribution in [3.8, 4) is 5.75 Å². The molecule has 1 aromatic heterocycles. The number of nitrogens with one attached hydrogen (secondary N) is 2. The second kappa shape index (κ2) is 12.0. The first kappa shape index (κ1) is 25.7. The molecule has 2 N–H and O–H groups in total. The molecule has 0 unspecified atom stereocenters. The number of aryl methyl sites for hydroxylation is 2. The summed E-state index contributed by atoms with van der Waals surface area (Å²) >= 11 is 5.83. The predicted octanol–water partition coefficient (Wildman–Crippen LogP) is 5.08. The number of aromatic nitrogens is 1. The van der Waals surface area contributed by atoms with Gasteiger partial charge in [-0.3, -0.25) is 4.79 Å². The Hall–Kier alpha value is -2.90. The Morgan fingerprint density at radius 1 is 1.06 bits per heavy atom.